The predicted molar refractivity (Wildman–Crippen MR) is 90.1 cm³/mol. The van der Waals surface area contributed by atoms with Crippen molar-refractivity contribution in [2.24, 2.45) is 0 Å². The van der Waals surface area contributed by atoms with Gasteiger partial charge in [0.25, 0.3) is 5.91 Å². The number of carbonyl (C=O) groups is 1. The van der Waals surface area contributed by atoms with Gasteiger partial charge in [-0.15, -0.1) is 0 Å². The molecule has 1 aromatic carbocycles. The Morgan fingerprint density at radius 1 is 1.21 bits per heavy atom. The van der Waals surface area contributed by atoms with Crippen LogP contribution in [-0.4, -0.2) is 40.0 Å². The Bertz CT molecular complexity index is 744. The van der Waals surface area contributed by atoms with Gasteiger partial charge >= 0.3 is 0 Å². The molecule has 5 nitrogen and oxygen atoms in total. The smallest absolute Gasteiger partial charge is 0.257 e. The zero-order valence-corrected chi connectivity index (χ0v) is 13.8. The number of amides is 1. The van der Waals surface area contributed by atoms with Crippen LogP contribution in [0.1, 0.15) is 47.1 Å². The summed E-state index contributed by atoms with van der Waals surface area (Å²) in [6, 6.07) is 9.78. The molecule has 1 atom stereocenters. The van der Waals surface area contributed by atoms with Gasteiger partial charge in [0, 0.05) is 25.1 Å². The molecule has 1 aromatic heterocycles. The summed E-state index contributed by atoms with van der Waals surface area (Å²) in [7, 11) is 0. The molecular formula is C19H21N3O2. The van der Waals surface area contributed by atoms with Crippen molar-refractivity contribution in [3.05, 3.63) is 53.6 Å². The van der Waals surface area contributed by atoms with Gasteiger partial charge in [-0.05, 0) is 31.9 Å². The van der Waals surface area contributed by atoms with Crippen molar-refractivity contribution < 1.29 is 9.53 Å². The van der Waals surface area contributed by atoms with Gasteiger partial charge in [0.15, 0.2) is 0 Å². The molecule has 0 bridgehead atoms. The first-order valence-electron chi connectivity index (χ1n) is 8.55. The summed E-state index contributed by atoms with van der Waals surface area (Å²) in [5, 5.41) is 0. The monoisotopic (exact) mass is 323 g/mol. The fourth-order valence-corrected chi connectivity index (χ4v) is 3.19. The normalized spacial score (nSPS) is 20.2. The average molecular weight is 323 g/mol. The fraction of sp³-hybridized carbons (Fsp3) is 0.421. The summed E-state index contributed by atoms with van der Waals surface area (Å²) < 4.78 is 5.98. The van der Waals surface area contributed by atoms with Crippen molar-refractivity contribution in [1.29, 1.82) is 0 Å². The molecule has 24 heavy (non-hydrogen) atoms. The minimum atomic E-state index is 0.0380. The maximum absolute atomic E-state index is 12.9. The maximum Gasteiger partial charge on any atom is 0.257 e. The lowest BCUT2D eigenvalue weighted by Gasteiger charge is -2.18. The van der Waals surface area contributed by atoms with E-state index < -0.39 is 0 Å². The molecule has 1 aliphatic heterocycles. The van der Waals surface area contributed by atoms with Gasteiger partial charge in [-0.1, -0.05) is 18.2 Å². The maximum atomic E-state index is 12.9. The molecule has 1 aliphatic carbocycles. The molecule has 4 rings (SSSR count). The Balaban J connectivity index is 1.46. The van der Waals surface area contributed by atoms with Crippen LogP contribution < -0.4 is 4.74 Å². The number of rotatable bonds is 4. The van der Waals surface area contributed by atoms with Gasteiger partial charge in [0.05, 0.1) is 17.8 Å². The van der Waals surface area contributed by atoms with Crippen LogP contribution in [0.15, 0.2) is 36.5 Å². The van der Waals surface area contributed by atoms with Crippen LogP contribution in [0.4, 0.5) is 0 Å². The number of benzene rings is 1. The molecule has 0 radical (unpaired) electrons. The second-order valence-electron chi connectivity index (χ2n) is 6.58. The SMILES string of the molecule is Cc1ncc(C(=O)N2CCC(Oc3ccccc3)C2)c(C2CC2)n1. The van der Waals surface area contributed by atoms with Crippen LogP contribution in [0.5, 0.6) is 5.75 Å². The summed E-state index contributed by atoms with van der Waals surface area (Å²) in [6.07, 6.45) is 4.84. The molecule has 1 unspecified atom stereocenters. The van der Waals surface area contributed by atoms with Gasteiger partial charge in [0.2, 0.25) is 0 Å². The van der Waals surface area contributed by atoms with E-state index in [1.807, 2.05) is 42.2 Å². The first kappa shape index (κ1) is 15.1. The van der Waals surface area contributed by atoms with E-state index in [-0.39, 0.29) is 12.0 Å². The molecule has 0 N–H and O–H groups in total. The summed E-state index contributed by atoms with van der Waals surface area (Å²) in [5.41, 5.74) is 1.60. The van der Waals surface area contributed by atoms with E-state index in [1.54, 1.807) is 6.20 Å². The van der Waals surface area contributed by atoms with Crippen molar-refractivity contribution in [3.8, 4) is 5.75 Å². The molecule has 124 valence electrons. The predicted octanol–water partition coefficient (Wildman–Crippen LogP) is 2.96. The molecule has 2 heterocycles. The lowest BCUT2D eigenvalue weighted by Crippen LogP contribution is -2.32. The van der Waals surface area contributed by atoms with E-state index in [4.69, 9.17) is 4.74 Å². The van der Waals surface area contributed by atoms with Crippen LogP contribution in [0.2, 0.25) is 0 Å². The highest BCUT2D eigenvalue weighted by molar-refractivity contribution is 5.95. The van der Waals surface area contributed by atoms with Gasteiger partial charge < -0.3 is 9.64 Å². The summed E-state index contributed by atoms with van der Waals surface area (Å²) in [4.78, 5) is 23.5. The molecule has 5 heteroatoms. The van der Waals surface area contributed by atoms with Crippen LogP contribution in [0.25, 0.3) is 0 Å². The average Bonchev–Trinajstić information content (AvgIpc) is 3.35. The van der Waals surface area contributed by atoms with Crippen molar-refractivity contribution in [1.82, 2.24) is 14.9 Å². The molecular weight excluding hydrogens is 302 g/mol. The summed E-state index contributed by atoms with van der Waals surface area (Å²) in [6.45, 7) is 3.21. The molecule has 0 spiro atoms. The molecule has 2 aliphatic rings. The summed E-state index contributed by atoms with van der Waals surface area (Å²) in [5.74, 6) is 2.06. The van der Waals surface area contributed by atoms with E-state index >= 15 is 0 Å². The van der Waals surface area contributed by atoms with E-state index in [0.717, 1.165) is 36.5 Å². The van der Waals surface area contributed by atoms with Crippen LogP contribution in [0.3, 0.4) is 0 Å². The lowest BCUT2D eigenvalue weighted by molar-refractivity contribution is 0.0770. The highest BCUT2D eigenvalue weighted by Crippen LogP contribution is 2.40. The minimum absolute atomic E-state index is 0.0380. The number of hydrogen-bond donors (Lipinski definition) is 0. The third kappa shape index (κ3) is 3.11. The number of ether oxygens (including phenoxy) is 1. The van der Waals surface area contributed by atoms with Crippen LogP contribution in [-0.2, 0) is 0 Å². The Labute approximate surface area is 141 Å². The lowest BCUT2D eigenvalue weighted by atomic mass is 10.1. The first-order valence-corrected chi connectivity index (χ1v) is 8.55. The van der Waals surface area contributed by atoms with E-state index in [9.17, 15) is 4.79 Å². The molecule has 1 saturated carbocycles. The second kappa shape index (κ2) is 6.23. The van der Waals surface area contributed by atoms with E-state index in [1.165, 1.54) is 0 Å². The molecule has 2 aromatic rings. The number of nitrogens with zero attached hydrogens (tertiary/aromatic N) is 3. The molecule has 2 fully saturated rings. The zero-order chi connectivity index (χ0) is 16.5. The van der Waals surface area contributed by atoms with Gasteiger partial charge in [-0.2, -0.15) is 0 Å². The third-order valence-electron chi connectivity index (χ3n) is 4.61. The Morgan fingerprint density at radius 3 is 2.75 bits per heavy atom. The fourth-order valence-electron chi connectivity index (χ4n) is 3.19. The van der Waals surface area contributed by atoms with Gasteiger partial charge in [-0.25, -0.2) is 9.97 Å². The molecule has 1 amide bonds. The molecule has 1 saturated heterocycles. The van der Waals surface area contributed by atoms with Crippen LogP contribution >= 0.6 is 0 Å². The largest absolute Gasteiger partial charge is 0.489 e. The standard InChI is InChI=1S/C19H21N3O2/c1-13-20-11-17(18(21-13)14-7-8-14)19(23)22-10-9-16(12-22)24-15-5-3-2-4-6-15/h2-6,11,14,16H,7-10,12H2,1H3. The van der Waals surface area contributed by atoms with Crippen molar-refractivity contribution in [2.75, 3.05) is 13.1 Å². The minimum Gasteiger partial charge on any atom is -0.489 e. The Hall–Kier alpha value is -2.43. The number of aryl methyl sites for hydroxylation is 1. The highest BCUT2D eigenvalue weighted by Gasteiger charge is 2.34. The first-order chi connectivity index (χ1) is 11.7. The quantitative estimate of drug-likeness (QED) is 0.868. The number of carbonyl (C=O) groups excluding carboxylic acids is 1. The van der Waals surface area contributed by atoms with Gasteiger partial charge in [0.1, 0.15) is 17.7 Å². The van der Waals surface area contributed by atoms with Gasteiger partial charge in [-0.3, -0.25) is 4.79 Å². The number of likely N-dealkylation sites (tertiary alicyclic amines) is 1. The topological polar surface area (TPSA) is 55.3 Å². The summed E-state index contributed by atoms with van der Waals surface area (Å²) >= 11 is 0. The zero-order valence-electron chi connectivity index (χ0n) is 13.8. The number of aromatic nitrogens is 2. The van der Waals surface area contributed by atoms with Crippen molar-refractivity contribution in [2.45, 2.75) is 38.2 Å². The second-order valence-corrected chi connectivity index (χ2v) is 6.58. The van der Waals surface area contributed by atoms with Crippen molar-refractivity contribution in [3.63, 3.8) is 0 Å². The Kier molecular flexibility index (Phi) is 3.92. The van der Waals surface area contributed by atoms with E-state index in [0.29, 0.717) is 24.6 Å². The number of para-hydroxylation sites is 1. The van der Waals surface area contributed by atoms with E-state index in [2.05, 4.69) is 9.97 Å². The highest BCUT2D eigenvalue weighted by atomic mass is 16.5. The number of hydrogen-bond acceptors (Lipinski definition) is 4. The van der Waals surface area contributed by atoms with Crippen molar-refractivity contribution >= 4 is 5.91 Å². The van der Waals surface area contributed by atoms with Crippen LogP contribution in [0, 0.1) is 6.92 Å². The third-order valence-corrected chi connectivity index (χ3v) is 4.61. The Morgan fingerprint density at radius 2 is 2.00 bits per heavy atom.